The number of halogens is 1. The summed E-state index contributed by atoms with van der Waals surface area (Å²) in [5.41, 5.74) is 5.02. The molecule has 3 N–H and O–H groups in total. The Kier molecular flexibility index (Phi) is 3.42. The second-order valence-corrected chi connectivity index (χ2v) is 3.74. The molecule has 0 aromatic heterocycles. The lowest BCUT2D eigenvalue weighted by Crippen LogP contribution is -2.12. The van der Waals surface area contributed by atoms with Crippen LogP contribution in [0.2, 0.25) is 5.02 Å². The molecule has 0 spiro atoms. The highest BCUT2D eigenvalue weighted by Crippen LogP contribution is 2.32. The number of nitrogens with two attached hydrogens (primary N) is 1. The van der Waals surface area contributed by atoms with Gasteiger partial charge in [0.05, 0.1) is 16.7 Å². The van der Waals surface area contributed by atoms with Crippen LogP contribution in [-0.2, 0) is 0 Å². The van der Waals surface area contributed by atoms with Gasteiger partial charge < -0.3 is 15.6 Å². The maximum absolute atomic E-state index is 10.9. The van der Waals surface area contributed by atoms with Crippen LogP contribution in [0.1, 0.15) is 24.2 Å². The van der Waals surface area contributed by atoms with Crippen LogP contribution in [-0.4, -0.2) is 17.1 Å². The molecule has 0 atom stereocenters. The van der Waals surface area contributed by atoms with Crippen LogP contribution in [0.3, 0.4) is 0 Å². The summed E-state index contributed by atoms with van der Waals surface area (Å²) in [6.45, 7) is 3.66. The van der Waals surface area contributed by atoms with E-state index in [2.05, 4.69) is 0 Å². The first-order chi connectivity index (χ1) is 6.91. The van der Waals surface area contributed by atoms with E-state index >= 15 is 0 Å². The van der Waals surface area contributed by atoms with Gasteiger partial charge in [0, 0.05) is 6.07 Å². The molecule has 1 aromatic carbocycles. The van der Waals surface area contributed by atoms with Crippen LogP contribution in [0.15, 0.2) is 12.1 Å². The van der Waals surface area contributed by atoms with E-state index in [1.54, 1.807) is 0 Å². The summed E-state index contributed by atoms with van der Waals surface area (Å²) in [6, 6.07) is 2.57. The number of hydrogen-bond donors (Lipinski definition) is 2. The lowest BCUT2D eigenvalue weighted by Gasteiger charge is -2.12. The summed E-state index contributed by atoms with van der Waals surface area (Å²) in [4.78, 5) is 10.9. The van der Waals surface area contributed by atoms with E-state index < -0.39 is 5.91 Å². The maximum Gasteiger partial charge on any atom is 0.252 e. The first-order valence-electron chi connectivity index (χ1n) is 4.40. The van der Waals surface area contributed by atoms with Crippen molar-refractivity contribution in [1.29, 1.82) is 0 Å². The van der Waals surface area contributed by atoms with Crippen molar-refractivity contribution in [1.82, 2.24) is 0 Å². The van der Waals surface area contributed by atoms with Gasteiger partial charge in [0.15, 0.2) is 0 Å². The number of aromatic hydroxyl groups is 1. The largest absolute Gasteiger partial charge is 0.507 e. The second kappa shape index (κ2) is 4.40. The Morgan fingerprint density at radius 3 is 2.60 bits per heavy atom. The van der Waals surface area contributed by atoms with Crippen LogP contribution in [0.5, 0.6) is 11.5 Å². The van der Waals surface area contributed by atoms with E-state index in [0.29, 0.717) is 5.75 Å². The Morgan fingerprint density at radius 1 is 1.53 bits per heavy atom. The van der Waals surface area contributed by atoms with Gasteiger partial charge in [-0.2, -0.15) is 0 Å². The SMILES string of the molecule is CC(C)Oc1cc(O)c(C(N)=O)cc1Cl. The zero-order chi connectivity index (χ0) is 11.6. The zero-order valence-corrected chi connectivity index (χ0v) is 9.21. The molecular weight excluding hydrogens is 218 g/mol. The van der Waals surface area contributed by atoms with Crippen LogP contribution >= 0.6 is 11.6 Å². The third-order valence-corrected chi connectivity index (χ3v) is 1.97. The molecular formula is C10H12ClNO3. The molecule has 82 valence electrons. The van der Waals surface area contributed by atoms with E-state index in [0.717, 1.165) is 0 Å². The minimum atomic E-state index is -0.731. The Hall–Kier alpha value is -1.42. The molecule has 0 saturated carbocycles. The summed E-state index contributed by atoms with van der Waals surface area (Å²) >= 11 is 5.85. The van der Waals surface area contributed by atoms with Gasteiger partial charge in [0.25, 0.3) is 5.91 Å². The normalized spacial score (nSPS) is 10.4. The van der Waals surface area contributed by atoms with E-state index in [4.69, 9.17) is 22.1 Å². The lowest BCUT2D eigenvalue weighted by atomic mass is 10.2. The van der Waals surface area contributed by atoms with Gasteiger partial charge in [0.1, 0.15) is 11.5 Å². The highest BCUT2D eigenvalue weighted by Gasteiger charge is 2.13. The molecule has 0 unspecified atom stereocenters. The maximum atomic E-state index is 10.9. The molecule has 0 bridgehead atoms. The number of hydrogen-bond acceptors (Lipinski definition) is 3. The summed E-state index contributed by atoms with van der Waals surface area (Å²) in [7, 11) is 0. The number of phenols is 1. The predicted molar refractivity (Wildman–Crippen MR) is 57.4 cm³/mol. The monoisotopic (exact) mass is 229 g/mol. The fourth-order valence-corrected chi connectivity index (χ4v) is 1.29. The fraction of sp³-hybridized carbons (Fsp3) is 0.300. The van der Waals surface area contributed by atoms with Gasteiger partial charge in [-0.05, 0) is 19.9 Å². The molecule has 0 aliphatic heterocycles. The van der Waals surface area contributed by atoms with Crippen LogP contribution in [0, 0.1) is 0 Å². The first-order valence-corrected chi connectivity index (χ1v) is 4.78. The van der Waals surface area contributed by atoms with E-state index in [1.165, 1.54) is 12.1 Å². The van der Waals surface area contributed by atoms with Crippen molar-refractivity contribution in [3.05, 3.63) is 22.7 Å². The van der Waals surface area contributed by atoms with Gasteiger partial charge in [0.2, 0.25) is 0 Å². The molecule has 0 radical (unpaired) electrons. The van der Waals surface area contributed by atoms with Gasteiger partial charge in [-0.1, -0.05) is 11.6 Å². The van der Waals surface area contributed by atoms with Crippen molar-refractivity contribution in [3.63, 3.8) is 0 Å². The van der Waals surface area contributed by atoms with Crippen molar-refractivity contribution in [2.45, 2.75) is 20.0 Å². The minimum absolute atomic E-state index is 0.0175. The Balaban J connectivity index is 3.13. The van der Waals surface area contributed by atoms with Crippen LogP contribution in [0.25, 0.3) is 0 Å². The van der Waals surface area contributed by atoms with Gasteiger partial charge >= 0.3 is 0 Å². The number of carbonyl (C=O) groups is 1. The first kappa shape index (κ1) is 11.7. The fourth-order valence-electron chi connectivity index (χ4n) is 1.08. The Morgan fingerprint density at radius 2 is 2.13 bits per heavy atom. The molecule has 0 aliphatic rings. The smallest absolute Gasteiger partial charge is 0.252 e. The molecule has 5 heteroatoms. The van der Waals surface area contributed by atoms with Crippen molar-refractivity contribution < 1.29 is 14.6 Å². The highest BCUT2D eigenvalue weighted by molar-refractivity contribution is 6.32. The van der Waals surface area contributed by atoms with Crippen molar-refractivity contribution in [2.75, 3.05) is 0 Å². The van der Waals surface area contributed by atoms with E-state index in [9.17, 15) is 9.90 Å². The van der Waals surface area contributed by atoms with E-state index in [-0.39, 0.29) is 22.4 Å². The molecule has 1 rings (SSSR count). The number of benzene rings is 1. The molecule has 4 nitrogen and oxygen atoms in total. The number of ether oxygens (including phenoxy) is 1. The minimum Gasteiger partial charge on any atom is -0.507 e. The summed E-state index contributed by atoms with van der Waals surface area (Å²) in [6.07, 6.45) is -0.0682. The van der Waals surface area contributed by atoms with Crippen LogP contribution in [0.4, 0.5) is 0 Å². The predicted octanol–water partition coefficient (Wildman–Crippen LogP) is 1.93. The number of amides is 1. The summed E-state index contributed by atoms with van der Waals surface area (Å²) < 4.78 is 5.32. The molecule has 15 heavy (non-hydrogen) atoms. The third-order valence-electron chi connectivity index (χ3n) is 1.68. The molecule has 0 saturated heterocycles. The highest BCUT2D eigenvalue weighted by atomic mass is 35.5. The van der Waals surface area contributed by atoms with Gasteiger partial charge in [-0.25, -0.2) is 0 Å². The van der Waals surface area contributed by atoms with Crippen molar-refractivity contribution in [2.24, 2.45) is 5.73 Å². The molecule has 0 aliphatic carbocycles. The Bertz CT molecular complexity index is 390. The number of primary amides is 1. The average molecular weight is 230 g/mol. The number of rotatable bonds is 3. The third kappa shape index (κ3) is 2.76. The van der Waals surface area contributed by atoms with Gasteiger partial charge in [-0.3, -0.25) is 4.79 Å². The quantitative estimate of drug-likeness (QED) is 0.832. The standard InChI is InChI=1S/C10H12ClNO3/c1-5(2)15-9-4-8(13)6(10(12)14)3-7(9)11/h3-5,13H,1-2H3,(H2,12,14). The lowest BCUT2D eigenvalue weighted by molar-refractivity contribution is 0.0997. The van der Waals surface area contributed by atoms with Crippen molar-refractivity contribution in [3.8, 4) is 11.5 Å². The summed E-state index contributed by atoms with van der Waals surface area (Å²) in [5, 5.41) is 9.71. The molecule has 1 amide bonds. The molecule has 1 aromatic rings. The van der Waals surface area contributed by atoms with Gasteiger partial charge in [-0.15, -0.1) is 0 Å². The molecule has 0 fully saturated rings. The second-order valence-electron chi connectivity index (χ2n) is 3.33. The summed E-state index contributed by atoms with van der Waals surface area (Å²) in [5.74, 6) is -0.637. The topological polar surface area (TPSA) is 72.6 Å². The van der Waals surface area contributed by atoms with Crippen molar-refractivity contribution >= 4 is 17.5 Å². The molecule has 0 heterocycles. The Labute approximate surface area is 92.6 Å². The number of carbonyl (C=O) groups excluding carboxylic acids is 1. The average Bonchev–Trinajstić information content (AvgIpc) is 2.09. The van der Waals surface area contributed by atoms with E-state index in [1.807, 2.05) is 13.8 Å². The zero-order valence-electron chi connectivity index (χ0n) is 8.45. The van der Waals surface area contributed by atoms with Crippen LogP contribution < -0.4 is 10.5 Å².